The van der Waals surface area contributed by atoms with E-state index >= 15 is 0 Å². The molecule has 4 nitrogen and oxygen atoms in total. The molecule has 1 heterocycles. The van der Waals surface area contributed by atoms with Crippen molar-refractivity contribution < 1.29 is 4.79 Å². The number of carbonyl (C=O) groups is 1. The zero-order valence-corrected chi connectivity index (χ0v) is 13.0. The molecule has 2 aliphatic carbocycles. The predicted octanol–water partition coefficient (Wildman–Crippen LogP) is 3.66. The number of allylic oxidation sites excluding steroid dienone is 2. The molecule has 21 heavy (non-hydrogen) atoms. The lowest BCUT2D eigenvalue weighted by molar-refractivity contribution is -0.118. The fourth-order valence-electron chi connectivity index (χ4n) is 3.69. The summed E-state index contributed by atoms with van der Waals surface area (Å²) in [5.41, 5.74) is 3.87. The van der Waals surface area contributed by atoms with Crippen molar-refractivity contribution in [3.8, 4) is 0 Å². The Morgan fingerprint density at radius 3 is 2.76 bits per heavy atom. The van der Waals surface area contributed by atoms with E-state index in [-0.39, 0.29) is 11.8 Å². The fourth-order valence-corrected chi connectivity index (χ4v) is 3.69. The third-order valence-electron chi connectivity index (χ3n) is 4.76. The molecule has 1 N–H and O–H groups in total. The van der Waals surface area contributed by atoms with Crippen molar-refractivity contribution in [1.29, 1.82) is 0 Å². The van der Waals surface area contributed by atoms with E-state index in [1.807, 2.05) is 20.0 Å². The van der Waals surface area contributed by atoms with Gasteiger partial charge in [-0.2, -0.15) is 0 Å². The summed E-state index contributed by atoms with van der Waals surface area (Å²) in [6.07, 6.45) is 8.68. The smallest absolute Gasteiger partial charge is 0.228 e. The van der Waals surface area contributed by atoms with E-state index in [4.69, 9.17) is 0 Å². The van der Waals surface area contributed by atoms with E-state index in [0.717, 1.165) is 11.6 Å². The molecule has 0 saturated heterocycles. The molecule has 0 aliphatic heterocycles. The summed E-state index contributed by atoms with van der Waals surface area (Å²) in [5, 5.41) is 2.79. The Balaban J connectivity index is 1.78. The topological polar surface area (TPSA) is 54.9 Å². The van der Waals surface area contributed by atoms with Crippen LogP contribution in [0.2, 0.25) is 0 Å². The van der Waals surface area contributed by atoms with Crippen LogP contribution in [-0.4, -0.2) is 15.9 Å². The molecule has 2 unspecified atom stereocenters. The first-order valence-electron chi connectivity index (χ1n) is 7.89. The zero-order chi connectivity index (χ0) is 15.0. The van der Waals surface area contributed by atoms with E-state index in [0.29, 0.717) is 11.7 Å². The van der Waals surface area contributed by atoms with Crippen LogP contribution in [0.5, 0.6) is 0 Å². The number of hydrogen-bond acceptors (Lipinski definition) is 3. The first kappa shape index (κ1) is 14.2. The summed E-state index contributed by atoms with van der Waals surface area (Å²) < 4.78 is 0. The second-order valence-electron chi connectivity index (χ2n) is 6.63. The van der Waals surface area contributed by atoms with Crippen molar-refractivity contribution in [2.75, 3.05) is 5.32 Å². The number of hydrogen-bond donors (Lipinski definition) is 1. The molecular formula is C17H23N3O. The number of nitrogens with one attached hydrogen (secondary N) is 1. The van der Waals surface area contributed by atoms with Crippen LogP contribution < -0.4 is 5.32 Å². The molecule has 0 bridgehead atoms. The van der Waals surface area contributed by atoms with E-state index in [1.165, 1.54) is 36.8 Å². The van der Waals surface area contributed by atoms with Gasteiger partial charge in [0, 0.05) is 5.92 Å². The Bertz CT molecular complexity index is 574. The summed E-state index contributed by atoms with van der Waals surface area (Å²) >= 11 is 0. The van der Waals surface area contributed by atoms with Gasteiger partial charge in [0.1, 0.15) is 0 Å². The Labute approximate surface area is 126 Å². The van der Waals surface area contributed by atoms with E-state index < -0.39 is 0 Å². The lowest BCUT2D eigenvalue weighted by Crippen LogP contribution is -2.18. The molecule has 3 rings (SSSR count). The molecule has 1 aromatic heterocycles. The van der Waals surface area contributed by atoms with Crippen LogP contribution in [0, 0.1) is 17.8 Å². The molecule has 1 amide bonds. The minimum Gasteiger partial charge on any atom is -0.309 e. The van der Waals surface area contributed by atoms with Crippen LogP contribution in [0.4, 0.5) is 5.82 Å². The highest BCUT2D eigenvalue weighted by molar-refractivity contribution is 5.91. The average molecular weight is 285 g/mol. The highest BCUT2D eigenvalue weighted by Gasteiger charge is 2.37. The number of carbonyl (C=O) groups excluding carboxylic acids is 1. The summed E-state index contributed by atoms with van der Waals surface area (Å²) in [5.74, 6) is 1.96. The van der Waals surface area contributed by atoms with Crippen LogP contribution in [0.25, 0.3) is 5.57 Å². The minimum absolute atomic E-state index is 0.0239. The van der Waals surface area contributed by atoms with Gasteiger partial charge in [-0.25, -0.2) is 4.98 Å². The molecule has 0 spiro atoms. The van der Waals surface area contributed by atoms with E-state index in [9.17, 15) is 4.79 Å². The van der Waals surface area contributed by atoms with Gasteiger partial charge in [-0.05, 0) is 43.6 Å². The monoisotopic (exact) mass is 285 g/mol. The molecule has 2 atom stereocenters. The second-order valence-corrected chi connectivity index (χ2v) is 6.63. The Morgan fingerprint density at radius 1 is 1.29 bits per heavy atom. The van der Waals surface area contributed by atoms with E-state index in [2.05, 4.69) is 22.2 Å². The molecule has 2 aliphatic rings. The van der Waals surface area contributed by atoms with Gasteiger partial charge in [-0.1, -0.05) is 25.8 Å². The molecule has 0 aromatic carbocycles. The van der Waals surface area contributed by atoms with E-state index in [1.54, 1.807) is 6.20 Å². The second kappa shape index (κ2) is 5.58. The largest absolute Gasteiger partial charge is 0.309 e. The minimum atomic E-state index is -0.0505. The number of rotatable bonds is 3. The summed E-state index contributed by atoms with van der Waals surface area (Å²) in [4.78, 5) is 20.6. The van der Waals surface area contributed by atoms with Crippen molar-refractivity contribution in [3.05, 3.63) is 23.7 Å². The van der Waals surface area contributed by atoms with Crippen molar-refractivity contribution in [1.82, 2.24) is 9.97 Å². The molecule has 1 fully saturated rings. The van der Waals surface area contributed by atoms with Gasteiger partial charge in [0.15, 0.2) is 5.82 Å². The van der Waals surface area contributed by atoms with Crippen molar-refractivity contribution >= 4 is 17.3 Å². The van der Waals surface area contributed by atoms with Gasteiger partial charge < -0.3 is 5.32 Å². The maximum absolute atomic E-state index is 11.7. The normalized spacial score (nSPS) is 24.6. The number of nitrogens with zero attached hydrogens (tertiary/aromatic N) is 2. The van der Waals surface area contributed by atoms with Gasteiger partial charge in [-0.15, -0.1) is 0 Å². The third kappa shape index (κ3) is 2.71. The first-order chi connectivity index (χ1) is 10.1. The van der Waals surface area contributed by atoms with Crippen LogP contribution >= 0.6 is 0 Å². The molecular weight excluding hydrogens is 262 g/mol. The van der Waals surface area contributed by atoms with Crippen LogP contribution in [0.1, 0.15) is 52.1 Å². The molecule has 4 heteroatoms. The van der Waals surface area contributed by atoms with Gasteiger partial charge in [0.2, 0.25) is 5.91 Å². The standard InChI is InChI=1S/C17H23N3O/c1-10(2)17(21)20-15-9-18-14(8-19-15)16-11(3)7-12-5-4-6-13(12)16/h8-10,12-13H,4-7H2,1-3H3,(H,19,20,21). The van der Waals surface area contributed by atoms with Gasteiger partial charge >= 0.3 is 0 Å². The van der Waals surface area contributed by atoms with Crippen LogP contribution in [0.15, 0.2) is 18.0 Å². The molecule has 1 aromatic rings. The number of aromatic nitrogens is 2. The summed E-state index contributed by atoms with van der Waals surface area (Å²) in [6.45, 7) is 5.96. The first-order valence-corrected chi connectivity index (χ1v) is 7.89. The molecule has 112 valence electrons. The highest BCUT2D eigenvalue weighted by atomic mass is 16.1. The zero-order valence-electron chi connectivity index (χ0n) is 13.0. The van der Waals surface area contributed by atoms with Gasteiger partial charge in [0.05, 0.1) is 18.1 Å². The summed E-state index contributed by atoms with van der Waals surface area (Å²) in [7, 11) is 0. The maximum Gasteiger partial charge on any atom is 0.228 e. The fraction of sp³-hybridized carbons (Fsp3) is 0.588. The Morgan fingerprint density at radius 2 is 2.10 bits per heavy atom. The Hall–Kier alpha value is -1.71. The number of amides is 1. The van der Waals surface area contributed by atoms with Crippen LogP contribution in [-0.2, 0) is 4.79 Å². The quantitative estimate of drug-likeness (QED) is 0.922. The average Bonchev–Trinajstić information content (AvgIpc) is 2.99. The molecule has 1 saturated carbocycles. The molecule has 0 radical (unpaired) electrons. The highest BCUT2D eigenvalue weighted by Crippen LogP contribution is 2.50. The lowest BCUT2D eigenvalue weighted by Gasteiger charge is -2.14. The SMILES string of the molecule is CC1=C(c2cnc(NC(=O)C(C)C)cn2)C2CCCC2C1. The van der Waals surface area contributed by atoms with Gasteiger partial charge in [0.25, 0.3) is 0 Å². The van der Waals surface area contributed by atoms with Crippen molar-refractivity contribution in [3.63, 3.8) is 0 Å². The number of anilines is 1. The lowest BCUT2D eigenvalue weighted by atomic mass is 9.93. The van der Waals surface area contributed by atoms with Crippen LogP contribution in [0.3, 0.4) is 0 Å². The van der Waals surface area contributed by atoms with Gasteiger partial charge in [-0.3, -0.25) is 9.78 Å². The van der Waals surface area contributed by atoms with Crippen molar-refractivity contribution in [2.24, 2.45) is 17.8 Å². The summed E-state index contributed by atoms with van der Waals surface area (Å²) in [6, 6.07) is 0. The van der Waals surface area contributed by atoms with Crippen molar-refractivity contribution in [2.45, 2.75) is 46.5 Å². The Kier molecular flexibility index (Phi) is 3.79. The predicted molar refractivity (Wildman–Crippen MR) is 83.5 cm³/mol. The third-order valence-corrected chi connectivity index (χ3v) is 4.76. The maximum atomic E-state index is 11.7. The number of fused-ring (bicyclic) bond motifs is 1.